The van der Waals surface area contributed by atoms with Gasteiger partial charge < -0.3 is 11.1 Å². The molecule has 7 heteroatoms. The molecular weight excluding hydrogens is 246 g/mol. The second-order valence-corrected chi connectivity index (χ2v) is 3.57. The topological polar surface area (TPSA) is 63.8 Å². The first-order valence-electron chi connectivity index (χ1n) is 3.93. The van der Waals surface area contributed by atoms with Crippen LogP contribution in [0.15, 0.2) is 0 Å². The smallest absolute Gasteiger partial charge is 0.225 e. The number of rotatable bonds is 4. The molecule has 0 bridgehead atoms. The van der Waals surface area contributed by atoms with Gasteiger partial charge in [-0.3, -0.25) is 0 Å². The van der Waals surface area contributed by atoms with Crippen LogP contribution in [0.25, 0.3) is 0 Å². The minimum atomic E-state index is 0.0441. The summed E-state index contributed by atoms with van der Waals surface area (Å²) in [6, 6.07) is 0. The van der Waals surface area contributed by atoms with Crippen molar-refractivity contribution in [1.82, 2.24) is 15.3 Å². The molecule has 1 rings (SSSR count). The summed E-state index contributed by atoms with van der Waals surface area (Å²) in [6.45, 7) is 1.70. The van der Waals surface area contributed by atoms with Gasteiger partial charge in [-0.25, -0.2) is 9.97 Å². The summed E-state index contributed by atoms with van der Waals surface area (Å²) in [5, 5.41) is 3.61. The lowest BCUT2D eigenvalue weighted by molar-refractivity contribution is 0.691. The molecule has 3 N–H and O–H groups in total. The van der Waals surface area contributed by atoms with Crippen molar-refractivity contribution in [2.75, 3.05) is 13.1 Å². The third-order valence-electron chi connectivity index (χ3n) is 1.50. The predicted octanol–water partition coefficient (Wildman–Crippen LogP) is 1.49. The number of nitrogens with two attached hydrogens (primary N) is 1. The molecule has 0 spiro atoms. The van der Waals surface area contributed by atoms with Gasteiger partial charge in [0.15, 0.2) is 0 Å². The quantitative estimate of drug-likeness (QED) is 0.486. The molecule has 0 amide bonds. The molecule has 1 heterocycles. The fourth-order valence-electron chi connectivity index (χ4n) is 0.868. The number of halogens is 3. The monoisotopic (exact) mass is 254 g/mol. The molecule has 0 radical (unpaired) electrons. The molecule has 0 aliphatic heterocycles. The van der Waals surface area contributed by atoms with E-state index in [9.17, 15) is 0 Å². The first-order chi connectivity index (χ1) is 6.65. The molecule has 0 saturated heterocycles. The maximum Gasteiger partial charge on any atom is 0.225 e. The summed E-state index contributed by atoms with van der Waals surface area (Å²) in [4.78, 5) is 7.55. The molecule has 0 aromatic carbocycles. The second kappa shape index (κ2) is 5.68. The third-order valence-corrected chi connectivity index (χ3v) is 2.30. The van der Waals surface area contributed by atoms with E-state index >= 15 is 0 Å². The van der Waals surface area contributed by atoms with E-state index in [0.717, 1.165) is 0 Å². The van der Waals surface area contributed by atoms with Crippen molar-refractivity contribution in [3.63, 3.8) is 0 Å². The summed E-state index contributed by atoms with van der Waals surface area (Å²) < 4.78 is 0. The molecule has 4 nitrogen and oxygen atoms in total. The fourth-order valence-corrected chi connectivity index (χ4v) is 1.65. The largest absolute Gasteiger partial charge is 0.329 e. The molecular formula is C7H9Cl3N4. The Morgan fingerprint density at radius 3 is 2.21 bits per heavy atom. The number of hydrogen-bond donors (Lipinski definition) is 2. The second-order valence-electron chi connectivity index (χ2n) is 2.52. The Morgan fingerprint density at radius 2 is 1.71 bits per heavy atom. The van der Waals surface area contributed by atoms with Gasteiger partial charge in [0.25, 0.3) is 0 Å². The van der Waals surface area contributed by atoms with E-state index in [1.165, 1.54) is 0 Å². The van der Waals surface area contributed by atoms with Gasteiger partial charge >= 0.3 is 0 Å². The minimum Gasteiger partial charge on any atom is -0.329 e. The molecule has 1 aromatic heterocycles. The van der Waals surface area contributed by atoms with Crippen LogP contribution in [-0.2, 0) is 6.54 Å². The van der Waals surface area contributed by atoms with Gasteiger partial charge in [0, 0.05) is 25.2 Å². The summed E-state index contributed by atoms with van der Waals surface area (Å²) in [5.41, 5.74) is 5.94. The predicted molar refractivity (Wildman–Crippen MR) is 57.8 cm³/mol. The van der Waals surface area contributed by atoms with Crippen LogP contribution in [-0.4, -0.2) is 23.1 Å². The lowest BCUT2D eigenvalue weighted by Crippen LogP contribution is -2.22. The highest BCUT2D eigenvalue weighted by atomic mass is 35.5. The van der Waals surface area contributed by atoms with E-state index in [0.29, 0.717) is 25.2 Å². The van der Waals surface area contributed by atoms with Crippen molar-refractivity contribution in [3.8, 4) is 0 Å². The highest BCUT2D eigenvalue weighted by molar-refractivity contribution is 6.36. The lowest BCUT2D eigenvalue weighted by atomic mass is 10.3. The zero-order valence-corrected chi connectivity index (χ0v) is 9.49. The van der Waals surface area contributed by atoms with Crippen molar-refractivity contribution in [2.24, 2.45) is 5.73 Å². The van der Waals surface area contributed by atoms with Gasteiger partial charge in [-0.2, -0.15) is 0 Å². The van der Waals surface area contributed by atoms with E-state index in [-0.39, 0.29) is 15.6 Å². The van der Waals surface area contributed by atoms with Crippen molar-refractivity contribution < 1.29 is 0 Å². The van der Waals surface area contributed by atoms with Gasteiger partial charge in [0.2, 0.25) is 5.28 Å². The Labute approximate surface area is 96.8 Å². The highest BCUT2D eigenvalue weighted by Gasteiger charge is 2.09. The lowest BCUT2D eigenvalue weighted by Gasteiger charge is -2.06. The van der Waals surface area contributed by atoms with Gasteiger partial charge in [0.05, 0.1) is 0 Å². The van der Waals surface area contributed by atoms with Gasteiger partial charge in [-0.05, 0) is 11.6 Å². The average Bonchev–Trinajstić information content (AvgIpc) is 2.09. The van der Waals surface area contributed by atoms with E-state index in [2.05, 4.69) is 15.3 Å². The number of aromatic nitrogens is 2. The zero-order chi connectivity index (χ0) is 10.6. The zero-order valence-electron chi connectivity index (χ0n) is 7.23. The fraction of sp³-hybridized carbons (Fsp3) is 0.429. The molecule has 0 saturated carbocycles. The van der Waals surface area contributed by atoms with Gasteiger partial charge in [0.1, 0.15) is 10.3 Å². The number of hydrogen-bond acceptors (Lipinski definition) is 4. The van der Waals surface area contributed by atoms with Crippen LogP contribution in [0.5, 0.6) is 0 Å². The van der Waals surface area contributed by atoms with Gasteiger partial charge in [-0.1, -0.05) is 23.2 Å². The molecule has 0 unspecified atom stereocenters. The average molecular weight is 256 g/mol. The molecule has 78 valence electrons. The van der Waals surface area contributed by atoms with Crippen molar-refractivity contribution in [1.29, 1.82) is 0 Å². The molecule has 0 atom stereocenters. The van der Waals surface area contributed by atoms with E-state index in [1.54, 1.807) is 0 Å². The Morgan fingerprint density at radius 1 is 1.14 bits per heavy atom. The van der Waals surface area contributed by atoms with Crippen LogP contribution in [0.1, 0.15) is 5.56 Å². The van der Waals surface area contributed by atoms with Crippen LogP contribution in [0.4, 0.5) is 0 Å². The Bertz CT molecular complexity index is 295. The Hall–Kier alpha value is -0.130. The standard InChI is InChI=1S/C7H9Cl3N4/c8-5-4(3-12-2-1-11)6(9)14-7(10)13-5/h12H,1-3,11H2. The minimum absolute atomic E-state index is 0.0441. The van der Waals surface area contributed by atoms with E-state index in [4.69, 9.17) is 40.5 Å². The SMILES string of the molecule is NCCNCc1c(Cl)nc(Cl)nc1Cl. The molecule has 0 aliphatic carbocycles. The molecule has 0 fully saturated rings. The number of nitrogens with zero attached hydrogens (tertiary/aromatic N) is 2. The Kier molecular flexibility index (Phi) is 4.84. The van der Waals surface area contributed by atoms with Crippen LogP contribution in [0.3, 0.4) is 0 Å². The summed E-state index contributed by atoms with van der Waals surface area (Å²) in [6.07, 6.45) is 0. The molecule has 1 aromatic rings. The molecule has 14 heavy (non-hydrogen) atoms. The van der Waals surface area contributed by atoms with Crippen LogP contribution in [0, 0.1) is 0 Å². The van der Waals surface area contributed by atoms with E-state index in [1.807, 2.05) is 0 Å². The molecule has 0 aliphatic rings. The van der Waals surface area contributed by atoms with Crippen molar-refractivity contribution in [2.45, 2.75) is 6.54 Å². The first-order valence-corrected chi connectivity index (χ1v) is 5.06. The van der Waals surface area contributed by atoms with Crippen molar-refractivity contribution >= 4 is 34.8 Å². The summed E-state index contributed by atoms with van der Waals surface area (Å²) in [7, 11) is 0. The van der Waals surface area contributed by atoms with E-state index < -0.39 is 0 Å². The Balaban J connectivity index is 2.75. The van der Waals surface area contributed by atoms with Crippen LogP contribution in [0.2, 0.25) is 15.6 Å². The number of nitrogens with one attached hydrogen (secondary N) is 1. The summed E-state index contributed by atoms with van der Waals surface area (Å²) >= 11 is 17.2. The third kappa shape index (κ3) is 3.22. The van der Waals surface area contributed by atoms with Crippen LogP contribution >= 0.6 is 34.8 Å². The van der Waals surface area contributed by atoms with Crippen molar-refractivity contribution in [3.05, 3.63) is 21.2 Å². The maximum atomic E-state index is 5.82. The highest BCUT2D eigenvalue weighted by Crippen LogP contribution is 2.22. The van der Waals surface area contributed by atoms with Crippen LogP contribution < -0.4 is 11.1 Å². The maximum absolute atomic E-state index is 5.82. The van der Waals surface area contributed by atoms with Gasteiger partial charge in [-0.15, -0.1) is 0 Å². The normalized spacial score (nSPS) is 10.6. The summed E-state index contributed by atoms with van der Waals surface area (Å²) in [5.74, 6) is 0. The first kappa shape index (κ1) is 11.9.